The Bertz CT molecular complexity index is 9820. The number of aromatic nitrogens is 2. The highest BCUT2D eigenvalue weighted by atomic mass is 15.2. The molecule has 2 aliphatic carbocycles. The van der Waals surface area contributed by atoms with E-state index in [1.807, 2.05) is 0 Å². The second kappa shape index (κ2) is 30.5. The smallest absolute Gasteiger partial charge is 0.0620 e. The molecule has 30 rings (SSSR count). The maximum atomic E-state index is 2.51. The van der Waals surface area contributed by atoms with E-state index in [9.17, 15) is 0 Å². The Balaban J connectivity index is 0.000000105. The van der Waals surface area contributed by atoms with E-state index in [0.29, 0.717) is 0 Å². The van der Waals surface area contributed by atoms with Crippen molar-refractivity contribution in [3.63, 3.8) is 0 Å². The fourth-order valence-electron chi connectivity index (χ4n) is 26.5. The quantitative estimate of drug-likeness (QED) is 0.148. The molecule has 24 aromatic carbocycles. The number of benzene rings is 24. The monoisotopic (exact) mass is 1830 g/mol. The van der Waals surface area contributed by atoms with Crippen LogP contribution in [0.1, 0.15) is 125 Å². The van der Waals surface area contributed by atoms with Crippen LogP contribution < -0.4 is 14.7 Å². The van der Waals surface area contributed by atoms with Crippen molar-refractivity contribution in [2.24, 2.45) is 0 Å². The normalized spacial score (nSPS) is 13.7. The summed E-state index contributed by atoms with van der Waals surface area (Å²) in [5.74, 6) is 0. The third-order valence-electron chi connectivity index (χ3n) is 32.5. The summed E-state index contributed by atoms with van der Waals surface area (Å²) in [6.07, 6.45) is 0. The summed E-state index contributed by atoms with van der Waals surface area (Å²) in [7, 11) is 0. The van der Waals surface area contributed by atoms with Crippen molar-refractivity contribution >= 4 is 192 Å². The van der Waals surface area contributed by atoms with E-state index in [-0.39, 0.29) is 21.7 Å². The largest absolute Gasteiger partial charge is 0.310 e. The van der Waals surface area contributed by atoms with Crippen LogP contribution >= 0.6 is 0 Å². The molecule has 26 aromatic rings. The molecule has 5 heteroatoms. The minimum atomic E-state index is -0.170. The summed E-state index contributed by atoms with van der Waals surface area (Å²) in [4.78, 5) is 7.35. The van der Waals surface area contributed by atoms with Gasteiger partial charge in [-0.05, 0) is 350 Å². The van der Waals surface area contributed by atoms with Gasteiger partial charge in [0.1, 0.15) is 0 Å². The Morgan fingerprint density at radius 1 is 0.224 bits per heavy atom. The SMILES string of the molecule is CC(C)(C)c1ccc(-n2c3ccccc3c3cc4cc5c6c(cc(C(C)(C)C)c7ccc(c4c76)c32)N(c2ccccc2)c2ccccc2-5)cc1.CC1(C)c2cc(N(c3ccccc3)c3ccccc3)ccc2-c2cc3cc4c5c(ccc6ccc(c21)c3c65)C(C)(C)c1ccccc1-4.Cc1cc(C)cc(N2c3ccccc3-c3cc4cc5c6ccccc6n(-c6cc(C)cc(C)c6)c5c5ccc6ccc2c3c6c45)c1. The Labute approximate surface area is 834 Å². The molecule has 0 saturated heterocycles. The van der Waals surface area contributed by atoms with Crippen molar-refractivity contribution in [2.75, 3.05) is 14.7 Å². The van der Waals surface area contributed by atoms with Crippen LogP contribution in [0.15, 0.2) is 394 Å². The molecule has 0 N–H and O–H groups in total. The molecular formula is C138H107N5. The van der Waals surface area contributed by atoms with Crippen LogP contribution in [-0.2, 0) is 21.7 Å². The molecule has 2 aliphatic heterocycles. The minimum Gasteiger partial charge on any atom is -0.310 e. The molecule has 0 unspecified atom stereocenters. The number of hydrogen-bond donors (Lipinski definition) is 0. The van der Waals surface area contributed by atoms with Crippen molar-refractivity contribution in [1.82, 2.24) is 9.13 Å². The highest BCUT2D eigenvalue weighted by molar-refractivity contribution is 6.39. The van der Waals surface area contributed by atoms with Gasteiger partial charge in [0.15, 0.2) is 0 Å². The minimum absolute atomic E-state index is 0.0582. The first-order chi connectivity index (χ1) is 69.4. The molecule has 2 aromatic heterocycles. The van der Waals surface area contributed by atoms with Crippen molar-refractivity contribution in [2.45, 2.75) is 119 Å². The van der Waals surface area contributed by atoms with Gasteiger partial charge < -0.3 is 23.8 Å². The van der Waals surface area contributed by atoms with E-state index in [0.717, 1.165) is 11.4 Å². The Morgan fingerprint density at radius 3 is 1.27 bits per heavy atom. The fraction of sp³-hybridized carbons (Fsp3) is 0.130. The van der Waals surface area contributed by atoms with Crippen LogP contribution in [0.3, 0.4) is 0 Å². The zero-order valence-corrected chi connectivity index (χ0v) is 83.3. The van der Waals surface area contributed by atoms with E-state index >= 15 is 0 Å². The average molecular weight is 1840 g/mol. The lowest BCUT2D eigenvalue weighted by atomic mass is 9.67. The number of anilines is 9. The van der Waals surface area contributed by atoms with Gasteiger partial charge in [-0.25, -0.2) is 0 Å². The number of rotatable bonds is 7. The summed E-state index contributed by atoms with van der Waals surface area (Å²) in [6.45, 7) is 32.3. The van der Waals surface area contributed by atoms with Crippen molar-refractivity contribution in [1.29, 1.82) is 0 Å². The molecule has 0 amide bonds. The van der Waals surface area contributed by atoms with Gasteiger partial charge in [0, 0.05) is 116 Å². The van der Waals surface area contributed by atoms with Gasteiger partial charge in [-0.2, -0.15) is 0 Å². The standard InChI is InChI=1S/C48H40N2.C46H35N.C44H32N2/c1-47(2,3)30-20-22-32(23-21-30)50-41-19-13-11-17-34(41)38-27-29-26-37-33-16-10-12-18-40(33)49(31-14-8-7-9-15-31)42-28-39(48(4,5)6)35-24-25-36(46(38)50)43(29)45(35)44(37)42;1-45(2)38-18-12-11-17-33(38)36-25-29-26-37-34-23-21-32(47(30-13-7-5-8-14-30)31-15-9-6-10-16-31)27-40(34)46(3,4)44(37)35-22-19-28-20-24-39(45)43(36)42(28)41(29)35;1-25-17-26(2)20-31(19-25)45-38-11-7-5-9-33(38)36-23-30-24-37-34-10-6-8-12-39(34)46(32-21-27(3)18-28(4)22-32)44(37)35-15-13-29-14-16-40(45)43(36)42(29)41(30)35/h7-28H,1-6H3;5-27H,1-4H3;5-24H,1-4H3. The molecule has 0 bridgehead atoms. The van der Waals surface area contributed by atoms with Gasteiger partial charge in [-0.3, -0.25) is 0 Å². The highest BCUT2D eigenvalue weighted by Crippen LogP contribution is 2.63. The van der Waals surface area contributed by atoms with Crippen LogP contribution in [0.2, 0.25) is 0 Å². The van der Waals surface area contributed by atoms with E-state index < -0.39 is 0 Å². The van der Waals surface area contributed by atoms with E-state index in [1.165, 1.54) is 292 Å². The Kier molecular flexibility index (Phi) is 18.0. The van der Waals surface area contributed by atoms with Crippen molar-refractivity contribution in [3.8, 4) is 55.9 Å². The lowest BCUT2D eigenvalue weighted by molar-refractivity contribution is 0.590. The lowest BCUT2D eigenvalue weighted by Crippen LogP contribution is -2.23. The van der Waals surface area contributed by atoms with Gasteiger partial charge in [-0.15, -0.1) is 0 Å². The summed E-state index contributed by atoms with van der Waals surface area (Å²) in [6, 6.07) is 148. The van der Waals surface area contributed by atoms with Crippen molar-refractivity contribution in [3.05, 3.63) is 450 Å². The molecule has 0 radical (unpaired) electrons. The van der Waals surface area contributed by atoms with Crippen LogP contribution in [0, 0.1) is 27.7 Å². The first-order valence-corrected chi connectivity index (χ1v) is 50.8. The summed E-state index contributed by atoms with van der Waals surface area (Å²) < 4.78 is 5.01. The predicted octanol–water partition coefficient (Wildman–Crippen LogP) is 38.8. The summed E-state index contributed by atoms with van der Waals surface area (Å²) >= 11 is 0. The van der Waals surface area contributed by atoms with Crippen LogP contribution in [0.25, 0.3) is 196 Å². The van der Waals surface area contributed by atoms with Crippen LogP contribution in [0.5, 0.6) is 0 Å². The lowest BCUT2D eigenvalue weighted by Gasteiger charge is -2.36. The molecule has 4 aliphatic rings. The molecule has 0 spiro atoms. The first-order valence-electron chi connectivity index (χ1n) is 50.8. The average Bonchev–Trinajstić information content (AvgIpc) is 1.68. The number of para-hydroxylation sites is 7. The number of fused-ring (bicyclic) bond motifs is 18. The zero-order chi connectivity index (χ0) is 96.6. The van der Waals surface area contributed by atoms with Gasteiger partial charge >= 0.3 is 0 Å². The number of aryl methyl sites for hydroxylation is 4. The summed E-state index contributed by atoms with van der Waals surface area (Å²) in [5, 5.41) is 29.4. The highest BCUT2D eigenvalue weighted by Gasteiger charge is 2.42. The molecule has 684 valence electrons. The van der Waals surface area contributed by atoms with E-state index in [1.54, 1.807) is 0 Å². The maximum absolute atomic E-state index is 2.51. The molecule has 0 fully saturated rings. The van der Waals surface area contributed by atoms with Gasteiger partial charge in [0.25, 0.3) is 0 Å². The molecular weight excluding hydrogens is 1730 g/mol. The second-order valence-electron chi connectivity index (χ2n) is 44.2. The van der Waals surface area contributed by atoms with Crippen LogP contribution in [0.4, 0.5) is 51.2 Å². The summed E-state index contributed by atoms with van der Waals surface area (Å²) in [5.41, 5.74) is 42.2. The zero-order valence-electron chi connectivity index (χ0n) is 83.3. The Morgan fingerprint density at radius 2 is 0.671 bits per heavy atom. The fourth-order valence-corrected chi connectivity index (χ4v) is 26.5. The van der Waals surface area contributed by atoms with E-state index in [4.69, 9.17) is 0 Å². The van der Waals surface area contributed by atoms with E-state index in [2.05, 4.69) is 515 Å². The molecule has 0 atom stereocenters. The Hall–Kier alpha value is -16.6. The predicted molar refractivity (Wildman–Crippen MR) is 613 cm³/mol. The van der Waals surface area contributed by atoms with Crippen LogP contribution in [-0.4, -0.2) is 9.13 Å². The first kappa shape index (κ1) is 84.5. The number of hydrogen-bond acceptors (Lipinski definition) is 3. The van der Waals surface area contributed by atoms with Gasteiger partial charge in [0.05, 0.1) is 44.8 Å². The third kappa shape index (κ3) is 12.3. The van der Waals surface area contributed by atoms with Gasteiger partial charge in [-0.1, -0.05) is 306 Å². The van der Waals surface area contributed by atoms with Crippen molar-refractivity contribution < 1.29 is 0 Å². The second-order valence-corrected chi connectivity index (χ2v) is 44.2. The maximum Gasteiger partial charge on any atom is 0.0620 e. The van der Waals surface area contributed by atoms with Gasteiger partial charge in [0.2, 0.25) is 0 Å². The number of nitrogens with zero attached hydrogens (tertiary/aromatic N) is 5. The molecule has 4 heterocycles. The topological polar surface area (TPSA) is 19.6 Å². The third-order valence-corrected chi connectivity index (χ3v) is 32.5. The molecule has 5 nitrogen and oxygen atoms in total. The molecule has 0 saturated carbocycles. The molecule has 143 heavy (non-hydrogen) atoms.